The second-order valence-electron chi connectivity index (χ2n) is 3.45. The fraction of sp³-hybridized carbons (Fsp3) is 0.455. The molecule has 0 aliphatic rings. The minimum atomic E-state index is -0.663. The van der Waals surface area contributed by atoms with Crippen LogP contribution in [-0.2, 0) is 0 Å². The van der Waals surface area contributed by atoms with Crippen LogP contribution in [-0.4, -0.2) is 17.8 Å². The van der Waals surface area contributed by atoms with E-state index in [1.165, 1.54) is 12.1 Å². The summed E-state index contributed by atoms with van der Waals surface area (Å²) in [6, 6.07) is 4.46. The van der Waals surface area contributed by atoms with E-state index in [2.05, 4.69) is 0 Å². The molecule has 0 amide bonds. The predicted molar refractivity (Wildman–Crippen MR) is 59.5 cm³/mol. The zero-order chi connectivity index (χ0) is 11.4. The molecule has 2 unspecified atom stereocenters. The second kappa shape index (κ2) is 5.45. The normalized spacial score (nSPS) is 15.0. The maximum absolute atomic E-state index is 13.5. The van der Waals surface area contributed by atoms with Gasteiger partial charge in [-0.1, -0.05) is 24.6 Å². The molecular formula is C11H15ClFNO. The van der Waals surface area contributed by atoms with E-state index in [0.29, 0.717) is 17.0 Å². The summed E-state index contributed by atoms with van der Waals surface area (Å²) in [5, 5.41) is 10.0. The first-order valence-electron chi connectivity index (χ1n) is 4.93. The van der Waals surface area contributed by atoms with E-state index in [0.717, 1.165) is 0 Å². The lowest BCUT2D eigenvalue weighted by Crippen LogP contribution is -2.26. The third kappa shape index (κ3) is 2.68. The molecule has 2 atom stereocenters. The second-order valence-corrected chi connectivity index (χ2v) is 3.86. The minimum Gasteiger partial charge on any atom is -0.392 e. The predicted octanol–water partition coefficient (Wildman–Crippen LogP) is 2.29. The van der Waals surface area contributed by atoms with E-state index in [4.69, 9.17) is 17.3 Å². The van der Waals surface area contributed by atoms with Gasteiger partial charge >= 0.3 is 0 Å². The van der Waals surface area contributed by atoms with Crippen LogP contribution in [0.5, 0.6) is 0 Å². The number of aliphatic hydroxyl groups is 1. The highest BCUT2D eigenvalue weighted by Crippen LogP contribution is 2.29. The average Bonchev–Trinajstić information content (AvgIpc) is 2.22. The number of rotatable bonds is 4. The summed E-state index contributed by atoms with van der Waals surface area (Å²) < 4.78 is 13.5. The molecule has 15 heavy (non-hydrogen) atoms. The molecule has 3 N–H and O–H groups in total. The average molecular weight is 232 g/mol. The van der Waals surface area contributed by atoms with Gasteiger partial charge in [0.2, 0.25) is 0 Å². The molecule has 1 aromatic rings. The monoisotopic (exact) mass is 231 g/mol. The molecule has 0 saturated heterocycles. The van der Waals surface area contributed by atoms with Gasteiger partial charge in [-0.2, -0.15) is 0 Å². The molecule has 0 aliphatic carbocycles. The molecule has 0 spiro atoms. The lowest BCUT2D eigenvalue weighted by molar-refractivity contribution is 0.139. The molecule has 1 aromatic carbocycles. The van der Waals surface area contributed by atoms with Gasteiger partial charge < -0.3 is 10.8 Å². The third-order valence-electron chi connectivity index (χ3n) is 2.51. The SMILES string of the molecule is CCC(O)C(CN)c1c(F)cccc1Cl. The molecule has 84 valence electrons. The zero-order valence-corrected chi connectivity index (χ0v) is 9.34. The van der Waals surface area contributed by atoms with Crippen LogP contribution in [0.15, 0.2) is 18.2 Å². The Hall–Kier alpha value is -0.640. The number of hydrogen-bond acceptors (Lipinski definition) is 2. The third-order valence-corrected chi connectivity index (χ3v) is 2.84. The molecular weight excluding hydrogens is 217 g/mol. The van der Waals surface area contributed by atoms with Crippen LogP contribution in [0.1, 0.15) is 24.8 Å². The van der Waals surface area contributed by atoms with Gasteiger partial charge in [-0.05, 0) is 18.6 Å². The topological polar surface area (TPSA) is 46.2 Å². The van der Waals surface area contributed by atoms with E-state index in [1.54, 1.807) is 6.07 Å². The highest BCUT2D eigenvalue weighted by molar-refractivity contribution is 6.31. The Morgan fingerprint density at radius 2 is 2.20 bits per heavy atom. The Morgan fingerprint density at radius 3 is 2.67 bits per heavy atom. The van der Waals surface area contributed by atoms with Crippen molar-refractivity contribution in [1.82, 2.24) is 0 Å². The van der Waals surface area contributed by atoms with Crippen molar-refractivity contribution < 1.29 is 9.50 Å². The van der Waals surface area contributed by atoms with Crippen LogP contribution in [0.3, 0.4) is 0 Å². The summed E-state index contributed by atoms with van der Waals surface area (Å²) >= 11 is 5.90. The number of benzene rings is 1. The molecule has 0 heterocycles. The van der Waals surface area contributed by atoms with Crippen LogP contribution >= 0.6 is 11.6 Å². The first kappa shape index (κ1) is 12.4. The summed E-state index contributed by atoms with van der Waals surface area (Å²) in [4.78, 5) is 0. The highest BCUT2D eigenvalue weighted by atomic mass is 35.5. The molecule has 0 aliphatic heterocycles. The minimum absolute atomic E-state index is 0.176. The lowest BCUT2D eigenvalue weighted by atomic mass is 9.91. The fourth-order valence-electron chi connectivity index (χ4n) is 1.62. The molecule has 0 bridgehead atoms. The van der Waals surface area contributed by atoms with Crippen molar-refractivity contribution in [2.75, 3.05) is 6.54 Å². The van der Waals surface area contributed by atoms with Gasteiger partial charge in [-0.3, -0.25) is 0 Å². The lowest BCUT2D eigenvalue weighted by Gasteiger charge is -2.22. The van der Waals surface area contributed by atoms with Gasteiger partial charge in [0.1, 0.15) is 5.82 Å². The standard InChI is InChI=1S/C11H15ClFNO/c1-2-10(15)7(6-14)11-8(12)4-3-5-9(11)13/h3-5,7,10,15H,2,6,14H2,1H3. The summed E-state index contributed by atoms with van der Waals surface area (Å²) in [7, 11) is 0. The van der Waals surface area contributed by atoms with Crippen molar-refractivity contribution in [2.45, 2.75) is 25.4 Å². The quantitative estimate of drug-likeness (QED) is 0.835. The van der Waals surface area contributed by atoms with Crippen LogP contribution in [0.2, 0.25) is 5.02 Å². The first-order chi connectivity index (χ1) is 7.11. The first-order valence-corrected chi connectivity index (χ1v) is 5.31. The van der Waals surface area contributed by atoms with E-state index < -0.39 is 17.8 Å². The Bertz CT molecular complexity index is 312. The number of halogens is 2. The van der Waals surface area contributed by atoms with Crippen LogP contribution < -0.4 is 5.73 Å². The van der Waals surface area contributed by atoms with Gasteiger partial charge in [0.25, 0.3) is 0 Å². The number of hydrogen-bond donors (Lipinski definition) is 2. The number of nitrogens with two attached hydrogens (primary N) is 1. The smallest absolute Gasteiger partial charge is 0.128 e. The summed E-state index contributed by atoms with van der Waals surface area (Å²) in [6.07, 6.45) is -0.142. The van der Waals surface area contributed by atoms with Crippen LogP contribution in [0, 0.1) is 5.82 Å². The van der Waals surface area contributed by atoms with E-state index in [9.17, 15) is 9.50 Å². The fourth-order valence-corrected chi connectivity index (χ4v) is 1.92. The summed E-state index contributed by atoms with van der Waals surface area (Å²) in [5.41, 5.74) is 5.85. The Balaban J connectivity index is 3.11. The molecule has 2 nitrogen and oxygen atoms in total. The Labute approximate surface area is 93.9 Å². The van der Waals surface area contributed by atoms with Crippen molar-refractivity contribution in [1.29, 1.82) is 0 Å². The largest absolute Gasteiger partial charge is 0.392 e. The van der Waals surface area contributed by atoms with Crippen molar-refractivity contribution in [2.24, 2.45) is 5.73 Å². The molecule has 0 aromatic heterocycles. The van der Waals surface area contributed by atoms with Crippen molar-refractivity contribution in [3.63, 3.8) is 0 Å². The summed E-state index contributed by atoms with van der Waals surface area (Å²) in [6.45, 7) is 2.00. The van der Waals surface area contributed by atoms with Crippen molar-refractivity contribution >= 4 is 11.6 Å². The van der Waals surface area contributed by atoms with Crippen LogP contribution in [0.25, 0.3) is 0 Å². The number of aliphatic hydroxyl groups excluding tert-OH is 1. The van der Waals surface area contributed by atoms with Crippen LogP contribution in [0.4, 0.5) is 4.39 Å². The molecule has 0 saturated carbocycles. The van der Waals surface area contributed by atoms with E-state index >= 15 is 0 Å². The Kier molecular flexibility index (Phi) is 4.51. The molecule has 4 heteroatoms. The molecule has 0 fully saturated rings. The maximum atomic E-state index is 13.5. The van der Waals surface area contributed by atoms with Gasteiger partial charge in [0.05, 0.1) is 6.10 Å². The van der Waals surface area contributed by atoms with Crippen molar-refractivity contribution in [3.05, 3.63) is 34.6 Å². The van der Waals surface area contributed by atoms with E-state index in [-0.39, 0.29) is 6.54 Å². The summed E-state index contributed by atoms with van der Waals surface area (Å²) in [5.74, 6) is -0.853. The van der Waals surface area contributed by atoms with Crippen molar-refractivity contribution in [3.8, 4) is 0 Å². The molecule has 0 radical (unpaired) electrons. The Morgan fingerprint density at radius 1 is 1.53 bits per heavy atom. The van der Waals surface area contributed by atoms with Gasteiger partial charge in [0, 0.05) is 23.0 Å². The maximum Gasteiger partial charge on any atom is 0.128 e. The zero-order valence-electron chi connectivity index (χ0n) is 8.58. The van der Waals surface area contributed by atoms with E-state index in [1.807, 2.05) is 6.92 Å². The van der Waals surface area contributed by atoms with Gasteiger partial charge in [-0.25, -0.2) is 4.39 Å². The van der Waals surface area contributed by atoms with Gasteiger partial charge in [-0.15, -0.1) is 0 Å². The highest BCUT2D eigenvalue weighted by Gasteiger charge is 2.23. The molecule has 1 rings (SSSR count). The van der Waals surface area contributed by atoms with Gasteiger partial charge in [0.15, 0.2) is 0 Å².